The van der Waals surface area contributed by atoms with E-state index in [-0.39, 0.29) is 0 Å². The van der Waals surface area contributed by atoms with Gasteiger partial charge < -0.3 is 0 Å². The van der Waals surface area contributed by atoms with Gasteiger partial charge in [0.1, 0.15) is 6.17 Å². The Bertz CT molecular complexity index is 392. The molecule has 1 aromatic carbocycles. The summed E-state index contributed by atoms with van der Waals surface area (Å²) in [6.45, 7) is 9.40. The monoisotopic (exact) mass is 249 g/mol. The summed E-state index contributed by atoms with van der Waals surface area (Å²) in [5.74, 6) is 0.571. The molecule has 100 valence electrons. The second-order valence-corrected chi connectivity index (χ2v) is 5.80. The van der Waals surface area contributed by atoms with Crippen LogP contribution in [0.5, 0.6) is 0 Å². The highest BCUT2D eigenvalue weighted by Crippen LogP contribution is 2.22. The predicted octanol–water partition coefficient (Wildman–Crippen LogP) is 4.05. The van der Waals surface area contributed by atoms with Crippen LogP contribution in [0.4, 0.5) is 4.39 Å². The zero-order valence-corrected chi connectivity index (χ0v) is 11.7. The van der Waals surface area contributed by atoms with E-state index in [4.69, 9.17) is 0 Å². The Labute approximate surface area is 110 Å². The van der Waals surface area contributed by atoms with Crippen LogP contribution in [0.15, 0.2) is 18.2 Å². The van der Waals surface area contributed by atoms with Crippen LogP contribution in [0.3, 0.4) is 0 Å². The molecule has 0 aromatic heterocycles. The molecule has 1 aliphatic rings. The van der Waals surface area contributed by atoms with E-state index < -0.39 is 6.17 Å². The lowest BCUT2D eigenvalue weighted by molar-refractivity contribution is 0.145. The van der Waals surface area contributed by atoms with Crippen LogP contribution in [0, 0.1) is 6.92 Å². The fraction of sp³-hybridized carbons (Fsp3) is 0.625. The van der Waals surface area contributed by atoms with Crippen molar-refractivity contribution in [2.45, 2.75) is 52.2 Å². The molecule has 0 saturated carbocycles. The molecule has 1 fully saturated rings. The van der Waals surface area contributed by atoms with Gasteiger partial charge in [0, 0.05) is 19.6 Å². The molecule has 1 aromatic rings. The predicted molar refractivity (Wildman–Crippen MR) is 74.7 cm³/mol. The first-order valence-electron chi connectivity index (χ1n) is 7.02. The average Bonchev–Trinajstić information content (AvgIpc) is 2.34. The number of likely N-dealkylation sites (tertiary alicyclic amines) is 1. The Balaban J connectivity index is 2.03. The summed E-state index contributed by atoms with van der Waals surface area (Å²) in [5, 5.41) is 0. The Morgan fingerprint density at radius 2 is 1.94 bits per heavy atom. The minimum Gasteiger partial charge on any atom is -0.299 e. The van der Waals surface area contributed by atoms with Gasteiger partial charge in [-0.15, -0.1) is 0 Å². The lowest BCUT2D eigenvalue weighted by atomic mass is 9.95. The van der Waals surface area contributed by atoms with Crippen molar-refractivity contribution in [1.29, 1.82) is 0 Å². The molecule has 2 rings (SSSR count). The van der Waals surface area contributed by atoms with Crippen LogP contribution >= 0.6 is 0 Å². The normalized spacial score (nSPS) is 18.5. The second-order valence-electron chi connectivity index (χ2n) is 5.80. The summed E-state index contributed by atoms with van der Waals surface area (Å²) in [5.41, 5.74) is 4.17. The molecular formula is C16H24FN. The van der Waals surface area contributed by atoms with Gasteiger partial charge in [-0.3, -0.25) is 4.90 Å². The van der Waals surface area contributed by atoms with Crippen molar-refractivity contribution in [2.24, 2.45) is 0 Å². The van der Waals surface area contributed by atoms with Crippen molar-refractivity contribution in [2.75, 3.05) is 13.1 Å². The van der Waals surface area contributed by atoms with E-state index in [1.54, 1.807) is 0 Å². The average molecular weight is 249 g/mol. The molecule has 0 aliphatic carbocycles. The highest BCUT2D eigenvalue weighted by molar-refractivity contribution is 5.33. The molecule has 1 nitrogen and oxygen atoms in total. The van der Waals surface area contributed by atoms with E-state index >= 15 is 0 Å². The third kappa shape index (κ3) is 3.32. The molecular weight excluding hydrogens is 225 g/mol. The number of nitrogens with zero attached hydrogens (tertiary/aromatic N) is 1. The number of piperidine rings is 1. The zero-order chi connectivity index (χ0) is 13.1. The third-order valence-corrected chi connectivity index (χ3v) is 3.89. The van der Waals surface area contributed by atoms with Crippen molar-refractivity contribution in [3.05, 3.63) is 34.9 Å². The Morgan fingerprint density at radius 1 is 1.28 bits per heavy atom. The number of hydrogen-bond donors (Lipinski definition) is 0. The van der Waals surface area contributed by atoms with Gasteiger partial charge in [-0.1, -0.05) is 32.0 Å². The van der Waals surface area contributed by atoms with Crippen molar-refractivity contribution in [3.8, 4) is 0 Å². The van der Waals surface area contributed by atoms with Crippen LogP contribution in [-0.2, 0) is 6.54 Å². The van der Waals surface area contributed by atoms with Crippen LogP contribution in [0.25, 0.3) is 0 Å². The van der Waals surface area contributed by atoms with Gasteiger partial charge in [0.2, 0.25) is 0 Å². The zero-order valence-electron chi connectivity index (χ0n) is 11.7. The Kier molecular flexibility index (Phi) is 4.39. The van der Waals surface area contributed by atoms with Gasteiger partial charge in [-0.25, -0.2) is 4.39 Å². The first kappa shape index (κ1) is 13.5. The van der Waals surface area contributed by atoms with Crippen molar-refractivity contribution in [1.82, 2.24) is 4.90 Å². The summed E-state index contributed by atoms with van der Waals surface area (Å²) in [4.78, 5) is 2.37. The van der Waals surface area contributed by atoms with Crippen molar-refractivity contribution < 1.29 is 4.39 Å². The SMILES string of the molecule is Cc1ccc(CN2CCC(F)CC2)cc1C(C)C. The quantitative estimate of drug-likeness (QED) is 0.781. The third-order valence-electron chi connectivity index (χ3n) is 3.89. The lowest BCUT2D eigenvalue weighted by Crippen LogP contribution is -2.33. The van der Waals surface area contributed by atoms with E-state index in [0.29, 0.717) is 18.8 Å². The Morgan fingerprint density at radius 3 is 2.56 bits per heavy atom. The molecule has 0 amide bonds. The number of rotatable bonds is 3. The van der Waals surface area contributed by atoms with E-state index in [9.17, 15) is 4.39 Å². The van der Waals surface area contributed by atoms with Gasteiger partial charge in [0.05, 0.1) is 0 Å². The molecule has 1 saturated heterocycles. The van der Waals surface area contributed by atoms with Gasteiger partial charge in [0.25, 0.3) is 0 Å². The fourth-order valence-corrected chi connectivity index (χ4v) is 2.73. The maximum absolute atomic E-state index is 13.1. The number of hydrogen-bond acceptors (Lipinski definition) is 1. The van der Waals surface area contributed by atoms with Gasteiger partial charge in [-0.2, -0.15) is 0 Å². The molecule has 2 heteroatoms. The number of aryl methyl sites for hydroxylation is 1. The smallest absolute Gasteiger partial charge is 0.103 e. The standard InChI is InChI=1S/C16H24FN/c1-12(2)16-10-14(5-4-13(16)3)11-18-8-6-15(17)7-9-18/h4-5,10,12,15H,6-9,11H2,1-3H3. The molecule has 1 heterocycles. The van der Waals surface area contributed by atoms with Crippen LogP contribution in [0.1, 0.15) is 49.3 Å². The molecule has 1 aliphatic heterocycles. The Hall–Kier alpha value is -0.890. The molecule has 0 bridgehead atoms. The largest absolute Gasteiger partial charge is 0.299 e. The maximum atomic E-state index is 13.1. The maximum Gasteiger partial charge on any atom is 0.103 e. The van der Waals surface area contributed by atoms with Crippen molar-refractivity contribution in [3.63, 3.8) is 0 Å². The molecule has 18 heavy (non-hydrogen) atoms. The van der Waals surface area contributed by atoms with Gasteiger partial charge in [-0.05, 0) is 42.4 Å². The van der Waals surface area contributed by atoms with Crippen LogP contribution in [0.2, 0.25) is 0 Å². The minimum atomic E-state index is -0.578. The molecule has 0 radical (unpaired) electrons. The van der Waals surface area contributed by atoms with E-state index in [0.717, 1.165) is 19.6 Å². The molecule has 0 spiro atoms. The molecule has 0 N–H and O–H groups in total. The van der Waals surface area contributed by atoms with Gasteiger partial charge in [0.15, 0.2) is 0 Å². The summed E-state index contributed by atoms with van der Waals surface area (Å²) >= 11 is 0. The minimum absolute atomic E-state index is 0.571. The molecule has 0 atom stereocenters. The summed E-state index contributed by atoms with van der Waals surface area (Å²) < 4.78 is 13.1. The highest BCUT2D eigenvalue weighted by atomic mass is 19.1. The number of alkyl halides is 1. The van der Waals surface area contributed by atoms with E-state index in [2.05, 4.69) is 43.9 Å². The summed E-state index contributed by atoms with van der Waals surface area (Å²) in [6, 6.07) is 6.75. The van der Waals surface area contributed by atoms with E-state index in [1.165, 1.54) is 16.7 Å². The fourth-order valence-electron chi connectivity index (χ4n) is 2.73. The number of benzene rings is 1. The summed E-state index contributed by atoms with van der Waals surface area (Å²) in [6.07, 6.45) is 0.816. The van der Waals surface area contributed by atoms with Crippen LogP contribution < -0.4 is 0 Å². The first-order chi connectivity index (χ1) is 8.56. The second kappa shape index (κ2) is 5.83. The van der Waals surface area contributed by atoms with Gasteiger partial charge >= 0.3 is 0 Å². The lowest BCUT2D eigenvalue weighted by Gasteiger charge is -2.28. The summed E-state index contributed by atoms with van der Waals surface area (Å²) in [7, 11) is 0. The highest BCUT2D eigenvalue weighted by Gasteiger charge is 2.18. The van der Waals surface area contributed by atoms with E-state index in [1.807, 2.05) is 0 Å². The topological polar surface area (TPSA) is 3.24 Å². The first-order valence-corrected chi connectivity index (χ1v) is 7.02. The number of halogens is 1. The van der Waals surface area contributed by atoms with Crippen LogP contribution in [-0.4, -0.2) is 24.2 Å². The molecule has 0 unspecified atom stereocenters. The van der Waals surface area contributed by atoms with Crippen molar-refractivity contribution >= 4 is 0 Å².